The maximum Gasteiger partial charge on any atom is 0.376 e. The van der Waals surface area contributed by atoms with E-state index in [0.29, 0.717) is 6.54 Å². The van der Waals surface area contributed by atoms with Crippen LogP contribution in [0.15, 0.2) is 54.6 Å². The lowest BCUT2D eigenvalue weighted by Crippen LogP contribution is -2.51. The molecule has 25 heavy (non-hydrogen) atoms. The topological polar surface area (TPSA) is 43.8 Å². The summed E-state index contributed by atoms with van der Waals surface area (Å²) in [5.74, 6) is 0.211. The van der Waals surface area contributed by atoms with Crippen LogP contribution in [0.3, 0.4) is 0 Å². The lowest BCUT2D eigenvalue weighted by molar-refractivity contribution is -0.124. The fourth-order valence-electron chi connectivity index (χ4n) is 4.28. The van der Waals surface area contributed by atoms with Crippen LogP contribution >= 0.6 is 0 Å². The van der Waals surface area contributed by atoms with Gasteiger partial charge in [-0.2, -0.15) is 0 Å². The summed E-state index contributed by atoms with van der Waals surface area (Å²) < 4.78 is 0. The zero-order valence-corrected chi connectivity index (χ0v) is 14.6. The number of piperidine rings is 1. The van der Waals surface area contributed by atoms with E-state index in [1.165, 1.54) is 0 Å². The van der Waals surface area contributed by atoms with E-state index in [2.05, 4.69) is 24.3 Å². The molecule has 0 atom stereocenters. The van der Waals surface area contributed by atoms with Gasteiger partial charge in [0.1, 0.15) is 0 Å². The molecule has 1 saturated heterocycles. The maximum absolute atomic E-state index is 13.5. The number of carbonyl (C=O) groups is 1. The number of benzene rings is 2. The Balaban J connectivity index is 1.67. The van der Waals surface area contributed by atoms with Crippen LogP contribution in [-0.4, -0.2) is 35.9 Å². The van der Waals surface area contributed by atoms with Gasteiger partial charge in [-0.1, -0.05) is 48.5 Å². The summed E-state index contributed by atoms with van der Waals surface area (Å²) in [6, 6.07) is 18.4. The predicted octanol–water partition coefficient (Wildman–Crippen LogP) is 2.68. The summed E-state index contributed by atoms with van der Waals surface area (Å²) in [5, 5.41) is 9.85. The van der Waals surface area contributed by atoms with Crippen molar-refractivity contribution in [3.63, 3.8) is 0 Å². The second-order valence-electron chi connectivity index (χ2n) is 7.14. The van der Waals surface area contributed by atoms with E-state index in [-0.39, 0.29) is 5.91 Å². The number of carbonyl (C=O) groups excluding carboxylic acids is 1. The van der Waals surface area contributed by atoms with Crippen molar-refractivity contribution in [2.75, 3.05) is 18.0 Å². The van der Waals surface area contributed by atoms with Crippen molar-refractivity contribution >= 4 is 18.6 Å². The van der Waals surface area contributed by atoms with Crippen molar-refractivity contribution in [1.82, 2.24) is 4.81 Å². The van der Waals surface area contributed by atoms with E-state index in [4.69, 9.17) is 0 Å². The quantitative estimate of drug-likeness (QED) is 0.878. The van der Waals surface area contributed by atoms with Crippen LogP contribution in [0.5, 0.6) is 0 Å². The van der Waals surface area contributed by atoms with Crippen LogP contribution in [0.1, 0.15) is 24.0 Å². The Labute approximate surface area is 149 Å². The fourth-order valence-corrected chi connectivity index (χ4v) is 4.28. The van der Waals surface area contributed by atoms with Crippen LogP contribution < -0.4 is 4.90 Å². The Morgan fingerprint density at radius 3 is 2.36 bits per heavy atom. The normalized spacial score (nSPS) is 19.3. The standard InChI is InChI=1S/C20H23BN2O2/c1-21(25)22-13-11-20(12-14-22)17-9-5-6-10-18(17)23(19(20)24)15-16-7-3-2-4-8-16/h2-10,25H,11-15H2,1H3. The van der Waals surface area contributed by atoms with Crippen molar-refractivity contribution in [2.24, 2.45) is 0 Å². The molecule has 0 radical (unpaired) electrons. The van der Waals surface area contributed by atoms with Gasteiger partial charge in [0.05, 0.1) is 12.0 Å². The van der Waals surface area contributed by atoms with Gasteiger partial charge in [-0.15, -0.1) is 0 Å². The van der Waals surface area contributed by atoms with Crippen molar-refractivity contribution in [2.45, 2.75) is 31.6 Å². The Morgan fingerprint density at radius 1 is 1.04 bits per heavy atom. The van der Waals surface area contributed by atoms with E-state index < -0.39 is 12.5 Å². The number of hydrogen-bond acceptors (Lipinski definition) is 3. The van der Waals surface area contributed by atoms with Gasteiger partial charge in [-0.25, -0.2) is 0 Å². The number of hydrogen-bond donors (Lipinski definition) is 1. The lowest BCUT2D eigenvalue weighted by Gasteiger charge is -2.39. The van der Waals surface area contributed by atoms with Crippen LogP contribution in [0, 0.1) is 0 Å². The molecule has 2 aliphatic rings. The van der Waals surface area contributed by atoms with E-state index in [1.54, 1.807) is 6.82 Å². The SMILES string of the molecule is CB(O)N1CCC2(CC1)C(=O)N(Cc1ccccc1)c1ccccc12. The van der Waals surface area contributed by atoms with Crippen LogP contribution in [-0.2, 0) is 16.8 Å². The summed E-state index contributed by atoms with van der Waals surface area (Å²) >= 11 is 0. The van der Waals surface area contributed by atoms with E-state index in [9.17, 15) is 9.82 Å². The number of amides is 1. The molecule has 4 nitrogen and oxygen atoms in total. The number of para-hydroxylation sites is 1. The summed E-state index contributed by atoms with van der Waals surface area (Å²) in [4.78, 5) is 17.5. The first-order valence-electron chi connectivity index (χ1n) is 8.99. The highest BCUT2D eigenvalue weighted by molar-refractivity contribution is 6.45. The van der Waals surface area contributed by atoms with E-state index in [0.717, 1.165) is 42.7 Å². The van der Waals surface area contributed by atoms with Gasteiger partial charge in [0.25, 0.3) is 0 Å². The van der Waals surface area contributed by atoms with Gasteiger partial charge in [-0.05, 0) is 49.9 Å². The molecule has 5 heteroatoms. The molecular formula is C20H23BN2O2. The first-order chi connectivity index (χ1) is 12.1. The molecule has 1 N–H and O–H groups in total. The van der Waals surface area contributed by atoms with E-state index in [1.807, 2.05) is 40.0 Å². The first-order valence-corrected chi connectivity index (χ1v) is 8.99. The molecule has 0 unspecified atom stereocenters. The molecule has 1 spiro atoms. The maximum atomic E-state index is 13.5. The van der Waals surface area contributed by atoms with Crippen molar-refractivity contribution in [3.8, 4) is 0 Å². The molecule has 2 aliphatic heterocycles. The minimum absolute atomic E-state index is 0.211. The Kier molecular flexibility index (Phi) is 4.14. The molecule has 0 aliphatic carbocycles. The number of anilines is 1. The van der Waals surface area contributed by atoms with Crippen molar-refractivity contribution < 1.29 is 9.82 Å². The summed E-state index contributed by atoms with van der Waals surface area (Å²) in [6.07, 6.45) is 1.53. The largest absolute Gasteiger partial charge is 0.437 e. The molecule has 0 bridgehead atoms. The summed E-state index contributed by atoms with van der Waals surface area (Å²) in [7, 11) is -0.454. The Morgan fingerprint density at radius 2 is 1.68 bits per heavy atom. The zero-order chi connectivity index (χ0) is 17.4. The van der Waals surface area contributed by atoms with Crippen LogP contribution in [0.2, 0.25) is 6.82 Å². The Bertz CT molecular complexity index is 770. The molecule has 0 saturated carbocycles. The van der Waals surface area contributed by atoms with Gasteiger partial charge in [0.15, 0.2) is 0 Å². The minimum atomic E-state index is -0.454. The van der Waals surface area contributed by atoms with Gasteiger partial charge in [-0.3, -0.25) is 4.79 Å². The van der Waals surface area contributed by atoms with Gasteiger partial charge in [0, 0.05) is 5.69 Å². The highest BCUT2D eigenvalue weighted by atomic mass is 16.2. The number of nitrogens with zero attached hydrogens (tertiary/aromatic N) is 2. The number of rotatable bonds is 3. The van der Waals surface area contributed by atoms with Crippen LogP contribution in [0.25, 0.3) is 0 Å². The van der Waals surface area contributed by atoms with Crippen molar-refractivity contribution in [3.05, 3.63) is 65.7 Å². The van der Waals surface area contributed by atoms with E-state index >= 15 is 0 Å². The smallest absolute Gasteiger partial charge is 0.376 e. The van der Waals surface area contributed by atoms with Crippen LogP contribution in [0.4, 0.5) is 5.69 Å². The third kappa shape index (κ3) is 2.68. The molecule has 128 valence electrons. The second kappa shape index (κ2) is 6.32. The molecule has 1 amide bonds. The monoisotopic (exact) mass is 334 g/mol. The highest BCUT2D eigenvalue weighted by Gasteiger charge is 2.52. The zero-order valence-electron chi connectivity index (χ0n) is 14.6. The first kappa shape index (κ1) is 16.4. The average molecular weight is 334 g/mol. The van der Waals surface area contributed by atoms with Crippen molar-refractivity contribution in [1.29, 1.82) is 0 Å². The van der Waals surface area contributed by atoms with Gasteiger partial charge >= 0.3 is 7.05 Å². The summed E-state index contributed by atoms with van der Waals surface area (Å²) in [6.45, 7) is 3.90. The molecule has 2 aromatic carbocycles. The molecular weight excluding hydrogens is 311 g/mol. The molecule has 1 fully saturated rings. The molecule has 0 aromatic heterocycles. The molecule has 2 aromatic rings. The third-order valence-electron chi connectivity index (χ3n) is 5.73. The minimum Gasteiger partial charge on any atom is -0.437 e. The van der Waals surface area contributed by atoms with Gasteiger partial charge in [0.2, 0.25) is 5.91 Å². The lowest BCUT2D eigenvalue weighted by atomic mass is 9.70. The number of fused-ring (bicyclic) bond motifs is 2. The Hall–Kier alpha value is -2.11. The molecule has 2 heterocycles. The van der Waals surface area contributed by atoms with Gasteiger partial charge < -0.3 is 14.7 Å². The highest BCUT2D eigenvalue weighted by Crippen LogP contribution is 2.48. The third-order valence-corrected chi connectivity index (χ3v) is 5.73. The predicted molar refractivity (Wildman–Crippen MR) is 100 cm³/mol. The molecule has 4 rings (SSSR count). The average Bonchev–Trinajstić information content (AvgIpc) is 2.86. The fraction of sp³-hybridized carbons (Fsp3) is 0.350. The second-order valence-corrected chi connectivity index (χ2v) is 7.14. The summed E-state index contributed by atoms with van der Waals surface area (Å²) in [5.41, 5.74) is 2.91.